The molecule has 0 spiro atoms. The van der Waals surface area contributed by atoms with E-state index in [1.54, 1.807) is 12.1 Å². The minimum Gasteiger partial charge on any atom is -0.452 e. The van der Waals surface area contributed by atoms with Crippen LogP contribution in [0.3, 0.4) is 0 Å². The molecule has 0 aromatic heterocycles. The molecule has 2 aromatic carbocycles. The van der Waals surface area contributed by atoms with E-state index in [1.807, 2.05) is 57.2 Å². The average Bonchev–Trinajstić information content (AvgIpc) is 2.63. The van der Waals surface area contributed by atoms with Crippen molar-refractivity contribution in [3.63, 3.8) is 0 Å². The standard InChI is InChI=1S/C21H22N2O3/c1-15-8-10-18(11-9-15)23(13-5-12-22)20(24)14-26-21(25)19-7-4-6-16(2)17(19)3/h4,6-11H,5,13-14H2,1-3H3. The quantitative estimate of drug-likeness (QED) is 0.745. The molecule has 2 rings (SSSR count). The molecule has 0 aliphatic rings. The van der Waals surface area contributed by atoms with E-state index in [4.69, 9.17) is 10.00 Å². The largest absolute Gasteiger partial charge is 0.452 e. The van der Waals surface area contributed by atoms with Crippen LogP contribution in [0, 0.1) is 32.1 Å². The van der Waals surface area contributed by atoms with Gasteiger partial charge in [0.05, 0.1) is 18.1 Å². The van der Waals surface area contributed by atoms with Gasteiger partial charge in [0.2, 0.25) is 0 Å². The van der Waals surface area contributed by atoms with Gasteiger partial charge in [-0.15, -0.1) is 0 Å². The first kappa shape index (κ1) is 19.2. The second-order valence-electron chi connectivity index (χ2n) is 6.11. The van der Waals surface area contributed by atoms with Gasteiger partial charge in [0, 0.05) is 12.2 Å². The molecule has 0 unspecified atom stereocenters. The molecule has 134 valence electrons. The summed E-state index contributed by atoms with van der Waals surface area (Å²) in [5.74, 6) is -0.883. The first-order chi connectivity index (χ1) is 12.4. The van der Waals surface area contributed by atoms with Gasteiger partial charge in [0.15, 0.2) is 6.61 Å². The zero-order valence-corrected chi connectivity index (χ0v) is 15.3. The van der Waals surface area contributed by atoms with E-state index >= 15 is 0 Å². The molecule has 0 atom stereocenters. The van der Waals surface area contributed by atoms with Crippen molar-refractivity contribution in [2.24, 2.45) is 0 Å². The Labute approximate surface area is 153 Å². The summed E-state index contributed by atoms with van der Waals surface area (Å²) < 4.78 is 5.22. The molecule has 0 aliphatic carbocycles. The predicted octanol–water partition coefficient (Wildman–Crippen LogP) is 3.72. The molecular formula is C21H22N2O3. The first-order valence-corrected chi connectivity index (χ1v) is 8.41. The van der Waals surface area contributed by atoms with Gasteiger partial charge in [0.25, 0.3) is 5.91 Å². The smallest absolute Gasteiger partial charge is 0.338 e. The fourth-order valence-corrected chi connectivity index (χ4v) is 2.54. The fraction of sp³-hybridized carbons (Fsp3) is 0.286. The number of amides is 1. The van der Waals surface area contributed by atoms with Crippen LogP contribution in [0.1, 0.15) is 33.5 Å². The highest BCUT2D eigenvalue weighted by molar-refractivity contribution is 5.97. The number of hydrogen-bond acceptors (Lipinski definition) is 4. The molecule has 0 N–H and O–H groups in total. The molecule has 0 aliphatic heterocycles. The molecule has 0 bridgehead atoms. The fourth-order valence-electron chi connectivity index (χ4n) is 2.54. The van der Waals surface area contributed by atoms with Crippen LogP contribution in [0.4, 0.5) is 5.69 Å². The van der Waals surface area contributed by atoms with E-state index in [9.17, 15) is 9.59 Å². The second kappa shape index (κ2) is 8.82. The van der Waals surface area contributed by atoms with E-state index in [0.29, 0.717) is 11.3 Å². The Morgan fingerprint density at radius 1 is 1.08 bits per heavy atom. The van der Waals surface area contributed by atoms with Gasteiger partial charge in [-0.2, -0.15) is 5.26 Å². The average molecular weight is 350 g/mol. The molecule has 0 saturated heterocycles. The summed E-state index contributed by atoms with van der Waals surface area (Å²) in [4.78, 5) is 26.3. The SMILES string of the molecule is Cc1ccc(N(CCC#N)C(=O)COC(=O)c2cccc(C)c2C)cc1. The Hall–Kier alpha value is -3.13. The zero-order valence-electron chi connectivity index (χ0n) is 15.3. The van der Waals surface area contributed by atoms with Gasteiger partial charge < -0.3 is 9.64 Å². The molecule has 0 fully saturated rings. The van der Waals surface area contributed by atoms with Gasteiger partial charge in [-0.25, -0.2) is 4.79 Å². The van der Waals surface area contributed by atoms with Crippen LogP contribution < -0.4 is 4.90 Å². The molecule has 5 heteroatoms. The van der Waals surface area contributed by atoms with E-state index in [1.165, 1.54) is 4.90 Å². The van der Waals surface area contributed by atoms with Crippen LogP contribution in [0.25, 0.3) is 0 Å². The summed E-state index contributed by atoms with van der Waals surface area (Å²) >= 11 is 0. The Kier molecular flexibility index (Phi) is 6.51. The van der Waals surface area contributed by atoms with Gasteiger partial charge in [0.1, 0.15) is 0 Å². The minimum atomic E-state index is -0.524. The highest BCUT2D eigenvalue weighted by Crippen LogP contribution is 2.17. The van der Waals surface area contributed by atoms with Crippen molar-refractivity contribution in [1.82, 2.24) is 0 Å². The highest BCUT2D eigenvalue weighted by atomic mass is 16.5. The maximum Gasteiger partial charge on any atom is 0.338 e. The Balaban J connectivity index is 2.09. The van der Waals surface area contributed by atoms with E-state index in [2.05, 4.69) is 0 Å². The summed E-state index contributed by atoms with van der Waals surface area (Å²) in [7, 11) is 0. The molecule has 26 heavy (non-hydrogen) atoms. The third kappa shape index (κ3) is 4.70. The number of carbonyl (C=O) groups is 2. The number of rotatable bonds is 6. The zero-order chi connectivity index (χ0) is 19.1. The topological polar surface area (TPSA) is 70.4 Å². The number of nitrogens with zero attached hydrogens (tertiary/aromatic N) is 2. The van der Waals surface area contributed by atoms with Crippen LogP contribution in [0.2, 0.25) is 0 Å². The predicted molar refractivity (Wildman–Crippen MR) is 100.0 cm³/mol. The Morgan fingerprint density at radius 2 is 1.77 bits per heavy atom. The van der Waals surface area contributed by atoms with Crippen LogP contribution >= 0.6 is 0 Å². The monoisotopic (exact) mass is 350 g/mol. The number of ether oxygens (including phenoxy) is 1. The molecule has 0 radical (unpaired) electrons. The van der Waals surface area contributed by atoms with Crippen LogP contribution in [0.15, 0.2) is 42.5 Å². The lowest BCUT2D eigenvalue weighted by molar-refractivity contribution is -0.121. The molecule has 5 nitrogen and oxygen atoms in total. The highest BCUT2D eigenvalue weighted by Gasteiger charge is 2.19. The summed E-state index contributed by atoms with van der Waals surface area (Å²) in [5.41, 5.74) is 4.03. The minimum absolute atomic E-state index is 0.199. The maximum atomic E-state index is 12.6. The second-order valence-corrected chi connectivity index (χ2v) is 6.11. The van der Waals surface area contributed by atoms with Crippen molar-refractivity contribution in [2.75, 3.05) is 18.1 Å². The normalized spacial score (nSPS) is 10.1. The van der Waals surface area contributed by atoms with E-state index in [-0.39, 0.29) is 25.5 Å². The summed E-state index contributed by atoms with van der Waals surface area (Å²) in [6.07, 6.45) is 0.199. The van der Waals surface area contributed by atoms with Gasteiger partial charge in [-0.05, 0) is 50.1 Å². The molecule has 0 heterocycles. The maximum absolute atomic E-state index is 12.6. The lowest BCUT2D eigenvalue weighted by Crippen LogP contribution is -2.35. The number of esters is 1. The molecular weight excluding hydrogens is 328 g/mol. The Bertz CT molecular complexity index is 835. The van der Waals surface area contributed by atoms with Crippen molar-refractivity contribution in [2.45, 2.75) is 27.2 Å². The number of nitriles is 1. The van der Waals surface area contributed by atoms with Gasteiger partial charge >= 0.3 is 5.97 Å². The van der Waals surface area contributed by atoms with E-state index < -0.39 is 5.97 Å². The molecule has 0 saturated carbocycles. The van der Waals surface area contributed by atoms with Crippen molar-refractivity contribution in [3.05, 3.63) is 64.7 Å². The van der Waals surface area contributed by atoms with Crippen molar-refractivity contribution in [3.8, 4) is 6.07 Å². The Morgan fingerprint density at radius 3 is 2.42 bits per heavy atom. The lowest BCUT2D eigenvalue weighted by atomic mass is 10.0. The number of carbonyl (C=O) groups excluding carboxylic acids is 2. The number of aryl methyl sites for hydroxylation is 2. The number of hydrogen-bond donors (Lipinski definition) is 0. The first-order valence-electron chi connectivity index (χ1n) is 8.41. The summed E-state index contributed by atoms with van der Waals surface area (Å²) in [6, 6.07) is 14.8. The molecule has 1 amide bonds. The van der Waals surface area contributed by atoms with Crippen LogP contribution in [0.5, 0.6) is 0 Å². The number of benzene rings is 2. The third-order valence-corrected chi connectivity index (χ3v) is 4.25. The van der Waals surface area contributed by atoms with Crippen molar-refractivity contribution < 1.29 is 14.3 Å². The van der Waals surface area contributed by atoms with Crippen molar-refractivity contribution >= 4 is 17.6 Å². The summed E-state index contributed by atoms with van der Waals surface area (Å²) in [6.45, 7) is 5.60. The summed E-state index contributed by atoms with van der Waals surface area (Å²) in [5, 5.41) is 8.84. The van der Waals surface area contributed by atoms with Crippen LogP contribution in [-0.4, -0.2) is 25.0 Å². The van der Waals surface area contributed by atoms with Gasteiger partial charge in [-0.3, -0.25) is 4.79 Å². The van der Waals surface area contributed by atoms with E-state index in [0.717, 1.165) is 16.7 Å². The van der Waals surface area contributed by atoms with Crippen LogP contribution in [-0.2, 0) is 9.53 Å². The van der Waals surface area contributed by atoms with Crippen molar-refractivity contribution in [1.29, 1.82) is 5.26 Å². The number of anilines is 1. The molecule has 2 aromatic rings. The van der Waals surface area contributed by atoms with Gasteiger partial charge in [-0.1, -0.05) is 29.8 Å². The third-order valence-electron chi connectivity index (χ3n) is 4.25. The lowest BCUT2D eigenvalue weighted by Gasteiger charge is -2.22.